The second-order valence-electron chi connectivity index (χ2n) is 10.1. The smallest absolute Gasteiger partial charge is 0.338 e. The molecule has 0 N–H and O–H groups in total. The molecule has 5 nitrogen and oxygen atoms in total. The van der Waals surface area contributed by atoms with Crippen LogP contribution in [0.2, 0.25) is 10.0 Å². The fourth-order valence-electron chi connectivity index (χ4n) is 4.93. The Morgan fingerprint density at radius 1 is 0.878 bits per heavy atom. The average Bonchev–Trinajstić information content (AvgIpc) is 3.38. The van der Waals surface area contributed by atoms with Crippen LogP contribution in [0.3, 0.4) is 0 Å². The highest BCUT2D eigenvalue weighted by molar-refractivity contribution is 6.36. The first-order valence-electron chi connectivity index (χ1n) is 13.7. The van der Waals surface area contributed by atoms with Crippen molar-refractivity contribution in [3.63, 3.8) is 0 Å². The van der Waals surface area contributed by atoms with Crippen molar-refractivity contribution in [1.29, 1.82) is 0 Å². The number of halogens is 2. The van der Waals surface area contributed by atoms with Crippen LogP contribution in [0, 0.1) is 0 Å². The predicted molar refractivity (Wildman–Crippen MR) is 164 cm³/mol. The number of hydrogen-bond donors (Lipinski definition) is 0. The average molecular weight is 589 g/mol. The first-order valence-corrected chi connectivity index (χ1v) is 14.4. The maximum absolute atomic E-state index is 12.3. The van der Waals surface area contributed by atoms with E-state index in [1.807, 2.05) is 73.7 Å². The zero-order valence-corrected chi connectivity index (χ0v) is 24.8. The number of rotatable bonds is 10. The van der Waals surface area contributed by atoms with Crippen LogP contribution in [0.4, 0.5) is 0 Å². The van der Waals surface area contributed by atoms with Crippen molar-refractivity contribution >= 4 is 39.9 Å². The van der Waals surface area contributed by atoms with E-state index in [0.717, 1.165) is 50.2 Å². The van der Waals surface area contributed by atoms with Crippen LogP contribution in [-0.4, -0.2) is 17.7 Å². The molecule has 0 aliphatic heterocycles. The summed E-state index contributed by atoms with van der Waals surface area (Å²) in [7, 11) is 0. The van der Waals surface area contributed by atoms with Crippen molar-refractivity contribution in [3.8, 4) is 16.9 Å². The molecule has 4 aromatic carbocycles. The summed E-state index contributed by atoms with van der Waals surface area (Å²) in [5.74, 6) is 1.42. The molecule has 0 bridgehead atoms. The maximum atomic E-state index is 12.3. The molecule has 0 saturated carbocycles. The Balaban J connectivity index is 1.31. The molecule has 0 fully saturated rings. The summed E-state index contributed by atoms with van der Waals surface area (Å²) in [6.07, 6.45) is 1.29. The van der Waals surface area contributed by atoms with Crippen molar-refractivity contribution in [1.82, 2.24) is 5.16 Å². The van der Waals surface area contributed by atoms with Crippen LogP contribution in [0.25, 0.3) is 21.9 Å². The van der Waals surface area contributed by atoms with Gasteiger partial charge in [-0.15, -0.1) is 0 Å². The maximum Gasteiger partial charge on any atom is 0.338 e. The van der Waals surface area contributed by atoms with E-state index in [-0.39, 0.29) is 11.9 Å². The topological polar surface area (TPSA) is 61.6 Å². The van der Waals surface area contributed by atoms with E-state index in [9.17, 15) is 4.79 Å². The van der Waals surface area contributed by atoms with Gasteiger partial charge in [0.15, 0.2) is 0 Å². The number of fused-ring (bicyclic) bond motifs is 1. The molecule has 41 heavy (non-hydrogen) atoms. The van der Waals surface area contributed by atoms with Crippen LogP contribution in [0.15, 0.2) is 83.4 Å². The number of hydrogen-bond acceptors (Lipinski definition) is 5. The van der Waals surface area contributed by atoms with Crippen molar-refractivity contribution in [2.45, 2.75) is 46.1 Å². The Morgan fingerprint density at radius 3 is 2.29 bits per heavy atom. The molecule has 0 unspecified atom stereocenters. The SMILES string of the molecule is CCOC(=O)c1cccc2cc(-c3ccc(OCc4c(CCc5c(Cl)cccc5Cl)noc4C(C)C)cc3)ccc12. The number of aromatic nitrogens is 1. The van der Waals surface area contributed by atoms with Crippen LogP contribution in [-0.2, 0) is 24.2 Å². The normalized spacial score (nSPS) is 11.3. The van der Waals surface area contributed by atoms with Gasteiger partial charge in [0, 0.05) is 16.0 Å². The van der Waals surface area contributed by atoms with Gasteiger partial charge in [0.05, 0.1) is 23.4 Å². The van der Waals surface area contributed by atoms with E-state index in [1.54, 1.807) is 6.07 Å². The first-order chi connectivity index (χ1) is 19.9. The summed E-state index contributed by atoms with van der Waals surface area (Å²) in [6, 6.07) is 25.3. The summed E-state index contributed by atoms with van der Waals surface area (Å²) in [4.78, 5) is 12.3. The van der Waals surface area contributed by atoms with E-state index >= 15 is 0 Å². The largest absolute Gasteiger partial charge is 0.489 e. The second kappa shape index (κ2) is 12.8. The highest BCUT2D eigenvalue weighted by Gasteiger charge is 2.20. The van der Waals surface area contributed by atoms with Crippen molar-refractivity contribution in [2.24, 2.45) is 0 Å². The minimum atomic E-state index is -0.309. The van der Waals surface area contributed by atoms with Gasteiger partial charge in [-0.25, -0.2) is 4.79 Å². The molecule has 1 heterocycles. The number of carbonyl (C=O) groups excluding carboxylic acids is 1. The minimum absolute atomic E-state index is 0.165. The summed E-state index contributed by atoms with van der Waals surface area (Å²) < 4.78 is 17.1. The Bertz CT molecular complexity index is 1650. The molecule has 1 aromatic heterocycles. The molecule has 0 amide bonds. The van der Waals surface area contributed by atoms with Crippen molar-refractivity contribution in [3.05, 3.63) is 117 Å². The molecule has 7 heteroatoms. The van der Waals surface area contributed by atoms with E-state index in [1.165, 1.54) is 0 Å². The number of esters is 1. The molecule has 0 atom stereocenters. The predicted octanol–water partition coefficient (Wildman–Crippen LogP) is 9.47. The van der Waals surface area contributed by atoms with Gasteiger partial charge in [0.2, 0.25) is 0 Å². The van der Waals surface area contributed by atoms with Gasteiger partial charge < -0.3 is 14.0 Å². The zero-order valence-electron chi connectivity index (χ0n) is 23.2. The standard InChI is InChI=1S/C34H31Cl2NO4/c1-4-39-34(38)27-8-5-7-24-19-23(13-16-26(24)27)22-11-14-25(15-12-22)40-20-29-32(37-41-33(29)21(2)3)18-17-28-30(35)9-6-10-31(28)36/h5-16,19,21H,4,17-18,20H2,1-3H3. The third kappa shape index (κ3) is 6.42. The number of nitrogens with zero attached hydrogens (tertiary/aromatic N) is 1. The van der Waals surface area contributed by atoms with E-state index in [0.29, 0.717) is 41.7 Å². The number of carbonyl (C=O) groups is 1. The lowest BCUT2D eigenvalue weighted by molar-refractivity contribution is 0.0528. The number of ether oxygens (including phenoxy) is 2. The van der Waals surface area contributed by atoms with Gasteiger partial charge in [-0.1, -0.05) is 84.7 Å². The van der Waals surface area contributed by atoms with Gasteiger partial charge in [0.25, 0.3) is 0 Å². The Morgan fingerprint density at radius 2 is 1.59 bits per heavy atom. The van der Waals surface area contributed by atoms with Crippen molar-refractivity contribution < 1.29 is 18.8 Å². The van der Waals surface area contributed by atoms with Crippen LogP contribution >= 0.6 is 23.2 Å². The summed E-state index contributed by atoms with van der Waals surface area (Å²) in [6.45, 7) is 6.64. The quantitative estimate of drug-likeness (QED) is 0.152. The van der Waals surface area contributed by atoms with Gasteiger partial charge in [-0.05, 0) is 83.6 Å². The third-order valence-electron chi connectivity index (χ3n) is 7.04. The van der Waals surface area contributed by atoms with Crippen LogP contribution in [0.5, 0.6) is 5.75 Å². The van der Waals surface area contributed by atoms with Gasteiger partial charge in [-0.3, -0.25) is 0 Å². The lowest BCUT2D eigenvalue weighted by Crippen LogP contribution is -2.05. The molecule has 0 aliphatic rings. The van der Waals surface area contributed by atoms with E-state index in [2.05, 4.69) is 25.1 Å². The molecule has 210 valence electrons. The Hall–Kier alpha value is -3.80. The van der Waals surface area contributed by atoms with E-state index in [4.69, 9.17) is 37.2 Å². The monoisotopic (exact) mass is 587 g/mol. The fraction of sp³-hybridized carbons (Fsp3) is 0.235. The lowest BCUT2D eigenvalue weighted by Gasteiger charge is -2.11. The number of benzene rings is 4. The Kier molecular flexibility index (Phi) is 8.96. The minimum Gasteiger partial charge on any atom is -0.489 e. The summed E-state index contributed by atoms with van der Waals surface area (Å²) >= 11 is 12.8. The van der Waals surface area contributed by atoms with Crippen molar-refractivity contribution in [2.75, 3.05) is 6.61 Å². The zero-order chi connectivity index (χ0) is 28.9. The Labute approximate surface area is 250 Å². The number of aryl methyl sites for hydroxylation is 1. The van der Waals surface area contributed by atoms with Crippen LogP contribution in [0.1, 0.15) is 59.6 Å². The van der Waals surface area contributed by atoms with Gasteiger partial charge in [0.1, 0.15) is 18.1 Å². The molecule has 5 aromatic rings. The lowest BCUT2D eigenvalue weighted by atomic mass is 9.98. The second-order valence-corrected chi connectivity index (χ2v) is 10.9. The summed E-state index contributed by atoms with van der Waals surface area (Å²) in [5.41, 5.74) is 5.37. The highest BCUT2D eigenvalue weighted by atomic mass is 35.5. The molecule has 0 spiro atoms. The molecule has 0 radical (unpaired) electrons. The molecule has 5 rings (SSSR count). The highest BCUT2D eigenvalue weighted by Crippen LogP contribution is 2.31. The van der Waals surface area contributed by atoms with E-state index < -0.39 is 0 Å². The molecule has 0 aliphatic carbocycles. The van der Waals surface area contributed by atoms with Gasteiger partial charge >= 0.3 is 5.97 Å². The molecular weight excluding hydrogens is 557 g/mol. The fourth-order valence-corrected chi connectivity index (χ4v) is 5.51. The van der Waals surface area contributed by atoms with Crippen LogP contribution < -0.4 is 4.74 Å². The van der Waals surface area contributed by atoms with Gasteiger partial charge in [-0.2, -0.15) is 0 Å². The molecule has 0 saturated heterocycles. The third-order valence-corrected chi connectivity index (χ3v) is 7.75. The summed E-state index contributed by atoms with van der Waals surface area (Å²) in [5, 5.41) is 7.51. The molecular formula is C34H31Cl2NO4. The first kappa shape index (κ1) is 28.7.